The van der Waals surface area contributed by atoms with Crippen LogP contribution in [0.1, 0.15) is 5.56 Å². The summed E-state index contributed by atoms with van der Waals surface area (Å²) in [4.78, 5) is 9.07. The van der Waals surface area contributed by atoms with Gasteiger partial charge in [-0.05, 0) is 12.1 Å². The number of aromatic nitrogens is 1. The molecule has 0 radical (unpaired) electrons. The molecule has 0 amide bonds. The molecular formula is C12H12N2O2. The highest BCUT2D eigenvalue weighted by molar-refractivity contribution is 5.87. The lowest BCUT2D eigenvalue weighted by molar-refractivity contribution is 0.0997. The van der Waals surface area contributed by atoms with E-state index in [0.717, 1.165) is 16.5 Å². The van der Waals surface area contributed by atoms with Crippen LogP contribution < -0.4 is 0 Å². The average Bonchev–Trinajstić information content (AvgIpc) is 2.34. The van der Waals surface area contributed by atoms with Gasteiger partial charge in [0.25, 0.3) is 0 Å². The summed E-state index contributed by atoms with van der Waals surface area (Å²) in [5.41, 5.74) is 1.83. The van der Waals surface area contributed by atoms with Crippen molar-refractivity contribution in [3.05, 3.63) is 42.1 Å². The summed E-state index contributed by atoms with van der Waals surface area (Å²) in [6, 6.07) is 9.85. The number of para-hydroxylation sites is 1. The Hall–Kier alpha value is -1.94. The smallest absolute Gasteiger partial charge is 0.140 e. The molecule has 1 aromatic carbocycles. The molecule has 2 rings (SSSR count). The maximum atomic E-state index is 8.49. The van der Waals surface area contributed by atoms with Crippen molar-refractivity contribution in [1.29, 1.82) is 0 Å². The fourth-order valence-corrected chi connectivity index (χ4v) is 1.35. The third-order valence-electron chi connectivity index (χ3n) is 2.07. The Balaban J connectivity index is 2.16. The largest absolute Gasteiger partial charge is 0.393 e. The van der Waals surface area contributed by atoms with Crippen molar-refractivity contribution in [2.75, 3.05) is 13.2 Å². The molecule has 2 aromatic rings. The van der Waals surface area contributed by atoms with E-state index in [-0.39, 0.29) is 13.2 Å². The van der Waals surface area contributed by atoms with Crippen LogP contribution in [0, 0.1) is 0 Å². The highest BCUT2D eigenvalue weighted by Crippen LogP contribution is 2.11. The monoisotopic (exact) mass is 216 g/mol. The van der Waals surface area contributed by atoms with Gasteiger partial charge in [-0.3, -0.25) is 4.98 Å². The van der Waals surface area contributed by atoms with E-state index in [2.05, 4.69) is 10.1 Å². The van der Waals surface area contributed by atoms with Crippen molar-refractivity contribution < 1.29 is 9.94 Å². The molecule has 0 bridgehead atoms. The lowest BCUT2D eigenvalue weighted by Crippen LogP contribution is -1.93. The molecule has 16 heavy (non-hydrogen) atoms. The Morgan fingerprint density at radius 2 is 2.25 bits per heavy atom. The highest BCUT2D eigenvalue weighted by Gasteiger charge is 1.94. The molecule has 0 fully saturated rings. The van der Waals surface area contributed by atoms with E-state index < -0.39 is 0 Å². The van der Waals surface area contributed by atoms with Crippen molar-refractivity contribution in [2.45, 2.75) is 0 Å². The molecule has 0 aliphatic rings. The van der Waals surface area contributed by atoms with Gasteiger partial charge in [0.05, 0.1) is 18.3 Å². The first kappa shape index (κ1) is 10.6. The maximum Gasteiger partial charge on any atom is 0.140 e. The van der Waals surface area contributed by atoms with Crippen LogP contribution in [0.3, 0.4) is 0 Å². The van der Waals surface area contributed by atoms with Crippen LogP contribution in [0.2, 0.25) is 0 Å². The lowest BCUT2D eigenvalue weighted by Gasteiger charge is -1.98. The molecule has 4 nitrogen and oxygen atoms in total. The van der Waals surface area contributed by atoms with Gasteiger partial charge in [0.1, 0.15) is 6.61 Å². The van der Waals surface area contributed by atoms with Gasteiger partial charge < -0.3 is 9.94 Å². The first-order valence-electron chi connectivity index (χ1n) is 5.01. The molecule has 0 saturated carbocycles. The number of hydrogen-bond donors (Lipinski definition) is 1. The van der Waals surface area contributed by atoms with Crippen LogP contribution in [-0.4, -0.2) is 29.5 Å². The molecule has 1 aromatic heterocycles. The fourth-order valence-electron chi connectivity index (χ4n) is 1.35. The second kappa shape index (κ2) is 5.23. The van der Waals surface area contributed by atoms with Gasteiger partial charge in [-0.15, -0.1) is 0 Å². The summed E-state index contributed by atoms with van der Waals surface area (Å²) in [5, 5.41) is 13.3. The fraction of sp³-hybridized carbons (Fsp3) is 0.167. The number of benzene rings is 1. The van der Waals surface area contributed by atoms with E-state index >= 15 is 0 Å². The Kier molecular flexibility index (Phi) is 3.46. The maximum absolute atomic E-state index is 8.49. The van der Waals surface area contributed by atoms with Gasteiger partial charge in [0.15, 0.2) is 0 Å². The van der Waals surface area contributed by atoms with E-state index in [1.807, 2.05) is 30.3 Å². The van der Waals surface area contributed by atoms with E-state index in [1.54, 1.807) is 12.4 Å². The second-order valence-corrected chi connectivity index (χ2v) is 3.25. The highest BCUT2D eigenvalue weighted by atomic mass is 16.6. The van der Waals surface area contributed by atoms with Gasteiger partial charge in [0, 0.05) is 17.1 Å². The van der Waals surface area contributed by atoms with E-state index in [4.69, 9.17) is 9.94 Å². The average molecular weight is 216 g/mol. The van der Waals surface area contributed by atoms with Gasteiger partial charge >= 0.3 is 0 Å². The summed E-state index contributed by atoms with van der Waals surface area (Å²) < 4.78 is 0. The second-order valence-electron chi connectivity index (χ2n) is 3.25. The Labute approximate surface area is 93.2 Å². The minimum absolute atomic E-state index is 0.0344. The quantitative estimate of drug-likeness (QED) is 0.479. The summed E-state index contributed by atoms with van der Waals surface area (Å²) >= 11 is 0. The summed E-state index contributed by atoms with van der Waals surface area (Å²) in [5.74, 6) is 0. The van der Waals surface area contributed by atoms with Crippen molar-refractivity contribution in [1.82, 2.24) is 4.98 Å². The van der Waals surface area contributed by atoms with Crippen LogP contribution in [0.25, 0.3) is 10.9 Å². The predicted octanol–water partition coefficient (Wildman–Crippen LogP) is 1.58. The first-order valence-corrected chi connectivity index (χ1v) is 5.01. The van der Waals surface area contributed by atoms with Crippen molar-refractivity contribution in [3.8, 4) is 0 Å². The van der Waals surface area contributed by atoms with Crippen LogP contribution in [0.5, 0.6) is 0 Å². The zero-order chi connectivity index (χ0) is 11.2. The minimum atomic E-state index is -0.0344. The normalized spacial score (nSPS) is 11.1. The summed E-state index contributed by atoms with van der Waals surface area (Å²) in [6.45, 7) is 0.171. The van der Waals surface area contributed by atoms with Gasteiger partial charge in [-0.25, -0.2) is 0 Å². The first-order chi connectivity index (χ1) is 7.90. The Bertz CT molecular complexity index is 497. The molecule has 82 valence electrons. The lowest BCUT2D eigenvalue weighted by atomic mass is 10.2. The molecule has 0 aliphatic carbocycles. The molecule has 0 spiro atoms. The molecular weight excluding hydrogens is 204 g/mol. The number of hydrogen-bond acceptors (Lipinski definition) is 4. The molecule has 0 aliphatic heterocycles. The van der Waals surface area contributed by atoms with Crippen molar-refractivity contribution in [2.24, 2.45) is 5.16 Å². The Morgan fingerprint density at radius 1 is 1.38 bits per heavy atom. The van der Waals surface area contributed by atoms with Crippen LogP contribution in [0.4, 0.5) is 0 Å². The number of aliphatic hydroxyl groups excluding tert-OH is 1. The number of nitrogens with zero attached hydrogens (tertiary/aromatic N) is 2. The number of pyridine rings is 1. The molecule has 1 heterocycles. The van der Waals surface area contributed by atoms with Crippen LogP contribution in [0.15, 0.2) is 41.7 Å². The van der Waals surface area contributed by atoms with Gasteiger partial charge in [-0.1, -0.05) is 23.4 Å². The van der Waals surface area contributed by atoms with Crippen LogP contribution in [-0.2, 0) is 4.84 Å². The van der Waals surface area contributed by atoms with Gasteiger partial charge in [0.2, 0.25) is 0 Å². The third-order valence-corrected chi connectivity index (χ3v) is 2.07. The molecule has 0 atom stereocenters. The number of rotatable bonds is 4. The van der Waals surface area contributed by atoms with E-state index in [9.17, 15) is 0 Å². The number of aliphatic hydroxyl groups is 1. The van der Waals surface area contributed by atoms with Gasteiger partial charge in [-0.2, -0.15) is 0 Å². The molecule has 1 N–H and O–H groups in total. The minimum Gasteiger partial charge on any atom is -0.393 e. The number of oxime groups is 1. The zero-order valence-electron chi connectivity index (χ0n) is 8.71. The summed E-state index contributed by atoms with van der Waals surface area (Å²) in [7, 11) is 0. The van der Waals surface area contributed by atoms with Crippen molar-refractivity contribution >= 4 is 17.1 Å². The SMILES string of the molecule is OCCON=Cc1cnc2ccccc2c1. The zero-order valence-corrected chi connectivity index (χ0v) is 8.71. The molecule has 4 heteroatoms. The third kappa shape index (κ3) is 2.55. The topological polar surface area (TPSA) is 54.7 Å². The predicted molar refractivity (Wildman–Crippen MR) is 62.4 cm³/mol. The van der Waals surface area contributed by atoms with E-state index in [0.29, 0.717) is 0 Å². The summed E-state index contributed by atoms with van der Waals surface area (Å²) in [6.07, 6.45) is 3.31. The van der Waals surface area contributed by atoms with E-state index in [1.165, 1.54) is 0 Å². The van der Waals surface area contributed by atoms with Crippen LogP contribution >= 0.6 is 0 Å². The van der Waals surface area contributed by atoms with Crippen molar-refractivity contribution in [3.63, 3.8) is 0 Å². The standard InChI is InChI=1S/C12H12N2O2/c15-5-6-16-14-9-10-7-11-3-1-2-4-12(11)13-8-10/h1-4,7-9,15H,5-6H2. The number of fused-ring (bicyclic) bond motifs is 1. The molecule has 0 saturated heterocycles. The Morgan fingerprint density at radius 3 is 3.12 bits per heavy atom. The molecule has 0 unspecified atom stereocenters.